The minimum Gasteiger partial charge on any atom is -0.493 e. The zero-order valence-corrected chi connectivity index (χ0v) is 23.9. The molecule has 0 amide bonds. The Morgan fingerprint density at radius 3 is 2.68 bits per heavy atom. The van der Waals surface area contributed by atoms with Gasteiger partial charge in [0.25, 0.3) is 0 Å². The van der Waals surface area contributed by atoms with Gasteiger partial charge in [-0.25, -0.2) is 4.68 Å². The summed E-state index contributed by atoms with van der Waals surface area (Å²) in [5.74, 6) is 3.00. The second kappa shape index (κ2) is 10.5. The van der Waals surface area contributed by atoms with Crippen LogP contribution in [-0.2, 0) is 11.4 Å². The van der Waals surface area contributed by atoms with Crippen LogP contribution in [-0.4, -0.2) is 33.4 Å². The van der Waals surface area contributed by atoms with Gasteiger partial charge in [-0.1, -0.05) is 66.7 Å². The summed E-state index contributed by atoms with van der Waals surface area (Å²) in [6.45, 7) is 6.82. The molecule has 1 aliphatic heterocycles. The van der Waals surface area contributed by atoms with Gasteiger partial charge in [-0.2, -0.15) is 4.98 Å². The van der Waals surface area contributed by atoms with Crippen LogP contribution in [0.25, 0.3) is 0 Å². The minimum absolute atomic E-state index is 0.113. The van der Waals surface area contributed by atoms with Crippen LogP contribution in [0.5, 0.6) is 11.5 Å². The number of aromatic nitrogens is 3. The summed E-state index contributed by atoms with van der Waals surface area (Å²) in [6.07, 6.45) is 2.31. The third-order valence-corrected chi connectivity index (χ3v) is 8.13. The van der Waals surface area contributed by atoms with Crippen molar-refractivity contribution in [3.8, 4) is 11.5 Å². The van der Waals surface area contributed by atoms with Crippen molar-refractivity contribution in [2.24, 2.45) is 5.41 Å². The SMILES string of the molecule is CCCSc1nc2n(n1)C(c1ccc(OCc3ccc(Br)cc3)c(OC)c1)C1=C(CC(C)(C)CC1=O)N2. The van der Waals surface area contributed by atoms with Gasteiger partial charge < -0.3 is 14.8 Å². The lowest BCUT2D eigenvalue weighted by atomic mass is 9.73. The Kier molecular flexibility index (Phi) is 7.36. The van der Waals surface area contributed by atoms with Gasteiger partial charge in [-0.15, -0.1) is 5.10 Å². The van der Waals surface area contributed by atoms with Crippen molar-refractivity contribution >= 4 is 39.4 Å². The van der Waals surface area contributed by atoms with E-state index < -0.39 is 0 Å². The molecule has 1 aromatic heterocycles. The number of hydrogen-bond donors (Lipinski definition) is 1. The first kappa shape index (κ1) is 25.9. The molecule has 0 saturated heterocycles. The van der Waals surface area contributed by atoms with Crippen LogP contribution in [0.3, 0.4) is 0 Å². The number of rotatable bonds is 8. The number of allylic oxidation sites excluding steroid dienone is 2. The predicted molar refractivity (Wildman–Crippen MR) is 149 cm³/mol. The number of fused-ring (bicyclic) bond motifs is 1. The molecule has 0 fully saturated rings. The van der Waals surface area contributed by atoms with E-state index in [2.05, 4.69) is 42.0 Å². The molecule has 0 spiro atoms. The van der Waals surface area contributed by atoms with Crippen molar-refractivity contribution in [1.29, 1.82) is 0 Å². The molecule has 2 aliphatic rings. The van der Waals surface area contributed by atoms with Gasteiger partial charge in [0.1, 0.15) is 12.6 Å². The average Bonchev–Trinajstić information content (AvgIpc) is 3.27. The summed E-state index contributed by atoms with van der Waals surface area (Å²) >= 11 is 5.09. The number of nitrogens with one attached hydrogen (secondary N) is 1. The number of benzene rings is 2. The number of carbonyl (C=O) groups excluding carboxylic acids is 1. The maximum absolute atomic E-state index is 13.5. The van der Waals surface area contributed by atoms with Gasteiger partial charge in [0.2, 0.25) is 11.1 Å². The first-order valence-corrected chi connectivity index (χ1v) is 14.2. The second-order valence-electron chi connectivity index (χ2n) is 10.2. The van der Waals surface area contributed by atoms with Crippen LogP contribution in [0.2, 0.25) is 0 Å². The Balaban J connectivity index is 1.51. The highest BCUT2D eigenvalue weighted by Crippen LogP contribution is 2.46. The number of hydrogen-bond acceptors (Lipinski definition) is 7. The van der Waals surface area contributed by atoms with E-state index in [1.807, 2.05) is 47.1 Å². The van der Waals surface area contributed by atoms with E-state index >= 15 is 0 Å². The van der Waals surface area contributed by atoms with Crippen LogP contribution in [0.4, 0.5) is 5.95 Å². The summed E-state index contributed by atoms with van der Waals surface area (Å²) in [4.78, 5) is 18.3. The lowest BCUT2D eigenvalue weighted by molar-refractivity contribution is -0.118. The molecular formula is C28H31BrN4O3S. The summed E-state index contributed by atoms with van der Waals surface area (Å²) in [5, 5.41) is 8.96. The van der Waals surface area contributed by atoms with Crippen LogP contribution in [0.15, 0.2) is 63.4 Å². The number of halogens is 1. The first-order chi connectivity index (χ1) is 17.8. The predicted octanol–water partition coefficient (Wildman–Crippen LogP) is 6.79. The number of thioether (sulfide) groups is 1. The van der Waals surface area contributed by atoms with E-state index in [1.54, 1.807) is 18.9 Å². The van der Waals surface area contributed by atoms with Gasteiger partial charge in [0.05, 0.1) is 7.11 Å². The smallest absolute Gasteiger partial charge is 0.227 e. The Labute approximate surface area is 230 Å². The van der Waals surface area contributed by atoms with Crippen LogP contribution in [0, 0.1) is 5.41 Å². The molecule has 9 heteroatoms. The van der Waals surface area contributed by atoms with Crippen molar-refractivity contribution in [2.75, 3.05) is 18.2 Å². The highest BCUT2D eigenvalue weighted by molar-refractivity contribution is 9.10. The van der Waals surface area contributed by atoms with E-state index in [9.17, 15) is 4.79 Å². The molecule has 0 radical (unpaired) electrons. The maximum atomic E-state index is 13.5. The average molecular weight is 584 g/mol. The number of nitrogens with zero attached hydrogens (tertiary/aromatic N) is 3. The van der Waals surface area contributed by atoms with Crippen molar-refractivity contribution in [2.45, 2.75) is 57.8 Å². The summed E-state index contributed by atoms with van der Waals surface area (Å²) in [7, 11) is 1.63. The van der Waals surface area contributed by atoms with Crippen LogP contribution < -0.4 is 14.8 Å². The number of ether oxygens (including phenoxy) is 2. The van der Waals surface area contributed by atoms with Gasteiger partial charge in [0, 0.05) is 27.9 Å². The summed E-state index contributed by atoms with van der Waals surface area (Å²) < 4.78 is 14.7. The fraction of sp³-hybridized carbons (Fsp3) is 0.393. The molecule has 2 aromatic carbocycles. The lowest BCUT2D eigenvalue weighted by Crippen LogP contribution is -2.36. The molecule has 7 nitrogen and oxygen atoms in total. The lowest BCUT2D eigenvalue weighted by Gasteiger charge is -2.38. The van der Waals surface area contributed by atoms with E-state index in [-0.39, 0.29) is 17.2 Å². The number of anilines is 1. The normalized spacial score (nSPS) is 18.2. The van der Waals surface area contributed by atoms with E-state index in [4.69, 9.17) is 19.6 Å². The number of Topliss-reactive ketones (excluding diaryl/α,β-unsaturated/α-hetero) is 1. The molecule has 0 saturated carbocycles. The van der Waals surface area contributed by atoms with Crippen molar-refractivity contribution in [1.82, 2.24) is 14.8 Å². The molecule has 1 N–H and O–H groups in total. The molecule has 1 unspecified atom stereocenters. The van der Waals surface area contributed by atoms with Crippen molar-refractivity contribution in [3.05, 3.63) is 69.3 Å². The zero-order chi connectivity index (χ0) is 26.2. The fourth-order valence-electron chi connectivity index (χ4n) is 4.87. The Hall–Kier alpha value is -2.78. The number of carbonyl (C=O) groups is 1. The molecule has 0 bridgehead atoms. The van der Waals surface area contributed by atoms with Crippen molar-refractivity contribution in [3.63, 3.8) is 0 Å². The molecule has 5 rings (SSSR count). The molecule has 1 aliphatic carbocycles. The Bertz CT molecular complexity index is 1350. The Morgan fingerprint density at radius 1 is 1.16 bits per heavy atom. The summed E-state index contributed by atoms with van der Waals surface area (Å²) in [6, 6.07) is 13.5. The topological polar surface area (TPSA) is 78.3 Å². The van der Waals surface area contributed by atoms with Gasteiger partial charge in [0.15, 0.2) is 17.3 Å². The molecule has 194 valence electrons. The Morgan fingerprint density at radius 2 is 1.95 bits per heavy atom. The molecule has 2 heterocycles. The van der Waals surface area contributed by atoms with E-state index in [1.165, 1.54) is 0 Å². The third-order valence-electron chi connectivity index (χ3n) is 6.56. The number of methoxy groups -OCH3 is 1. The maximum Gasteiger partial charge on any atom is 0.227 e. The second-order valence-corrected chi connectivity index (χ2v) is 12.2. The standard InChI is InChI=1S/C28H31BrN4O3S/c1-5-12-37-27-31-26-30-20-14-28(2,3)15-21(34)24(20)25(33(26)32-27)18-8-11-22(23(13-18)35-4)36-16-17-6-9-19(29)10-7-17/h6-11,13,25H,5,12,14-16H2,1-4H3,(H,30,31,32). The monoisotopic (exact) mass is 582 g/mol. The molecular weight excluding hydrogens is 552 g/mol. The minimum atomic E-state index is -0.382. The molecule has 3 aromatic rings. The highest BCUT2D eigenvalue weighted by Gasteiger charge is 2.42. The largest absolute Gasteiger partial charge is 0.493 e. The first-order valence-electron chi connectivity index (χ1n) is 12.5. The van der Waals surface area contributed by atoms with Crippen LogP contribution in [0.1, 0.15) is 57.2 Å². The van der Waals surface area contributed by atoms with E-state index in [0.717, 1.165) is 45.5 Å². The van der Waals surface area contributed by atoms with Gasteiger partial charge in [-0.3, -0.25) is 4.79 Å². The van der Waals surface area contributed by atoms with Gasteiger partial charge >= 0.3 is 0 Å². The van der Waals surface area contributed by atoms with Crippen LogP contribution >= 0.6 is 27.7 Å². The number of ketones is 1. The zero-order valence-electron chi connectivity index (χ0n) is 21.5. The fourth-order valence-corrected chi connectivity index (χ4v) is 5.82. The summed E-state index contributed by atoms with van der Waals surface area (Å²) in [5.41, 5.74) is 3.55. The van der Waals surface area contributed by atoms with Gasteiger partial charge in [-0.05, 0) is 53.6 Å². The third kappa shape index (κ3) is 5.43. The quantitative estimate of drug-likeness (QED) is 0.293. The van der Waals surface area contributed by atoms with E-state index in [0.29, 0.717) is 35.6 Å². The molecule has 37 heavy (non-hydrogen) atoms. The highest BCUT2D eigenvalue weighted by atomic mass is 79.9. The van der Waals surface area contributed by atoms with Crippen molar-refractivity contribution < 1.29 is 14.3 Å². The molecule has 1 atom stereocenters.